The number of nitrogens with one attached hydrogen (secondary N) is 3. The molecule has 34 heavy (non-hydrogen) atoms. The molecule has 178 valence electrons. The summed E-state index contributed by atoms with van der Waals surface area (Å²) in [4.78, 5) is 25.9. The summed E-state index contributed by atoms with van der Waals surface area (Å²) in [5, 5.41) is 11.1. The molecule has 0 unspecified atom stereocenters. The first kappa shape index (κ1) is 24.0. The van der Waals surface area contributed by atoms with Crippen LogP contribution in [-0.4, -0.2) is 38.9 Å². The zero-order chi connectivity index (χ0) is 24.1. The van der Waals surface area contributed by atoms with Crippen molar-refractivity contribution in [1.82, 2.24) is 10.6 Å². The fraction of sp³-hybridized carbons (Fsp3) is 0.280. The van der Waals surface area contributed by atoms with Gasteiger partial charge in [-0.1, -0.05) is 37.4 Å². The zero-order valence-electron chi connectivity index (χ0n) is 19.4. The summed E-state index contributed by atoms with van der Waals surface area (Å²) in [6.45, 7) is 5.38. The van der Waals surface area contributed by atoms with Gasteiger partial charge in [0.05, 0.1) is 19.4 Å². The highest BCUT2D eigenvalue weighted by Crippen LogP contribution is 2.30. The van der Waals surface area contributed by atoms with Crippen LogP contribution in [0.3, 0.4) is 0 Å². The van der Waals surface area contributed by atoms with Gasteiger partial charge >= 0.3 is 6.09 Å². The average Bonchev–Trinajstić information content (AvgIpc) is 3.47. The molecule has 2 amide bonds. The van der Waals surface area contributed by atoms with Crippen LogP contribution in [0.1, 0.15) is 15.9 Å². The highest BCUT2D eigenvalue weighted by molar-refractivity contribution is 7.13. The molecule has 2 aromatic carbocycles. The lowest BCUT2D eigenvalue weighted by Crippen LogP contribution is -2.31. The molecule has 5 N–H and O–H groups in total. The topological polar surface area (TPSA) is 105 Å². The number of anilines is 2. The van der Waals surface area contributed by atoms with Gasteiger partial charge in [-0.15, -0.1) is 11.3 Å². The van der Waals surface area contributed by atoms with E-state index in [1.165, 1.54) is 0 Å². The van der Waals surface area contributed by atoms with Gasteiger partial charge in [0.1, 0.15) is 6.61 Å². The summed E-state index contributed by atoms with van der Waals surface area (Å²) >= 11 is 1.63. The Morgan fingerprint density at radius 1 is 1.18 bits per heavy atom. The number of carbonyl (C=O) groups excluding carboxylic acids is 2. The van der Waals surface area contributed by atoms with Gasteiger partial charge in [0.2, 0.25) is 0 Å². The highest BCUT2D eigenvalue weighted by atomic mass is 32.1. The molecule has 7 nitrogen and oxygen atoms in total. The standard InChI is InChI=1S/C25H30N4O3SSi/c1-34(2)15-20(28-16-34)14-32-25(31)27-13-17-5-7-18(8-6-17)24(30)29-22-12-19(9-10-21(22)26)23-4-3-11-33-23/h3-12,20,28H,13-16,26H2,1-2H3,(H,27,31)(H,29,30)/t20-/m1/s1. The molecule has 1 aromatic heterocycles. The van der Waals surface area contributed by atoms with E-state index in [4.69, 9.17) is 10.5 Å². The number of benzene rings is 2. The second-order valence-corrected chi connectivity index (χ2v) is 15.4. The third kappa shape index (κ3) is 6.25. The molecule has 2 heterocycles. The highest BCUT2D eigenvalue weighted by Gasteiger charge is 2.32. The third-order valence-electron chi connectivity index (χ3n) is 5.84. The number of nitrogens with two attached hydrogens (primary N) is 1. The van der Waals surface area contributed by atoms with Crippen molar-refractivity contribution in [3.05, 3.63) is 71.1 Å². The fourth-order valence-electron chi connectivity index (χ4n) is 3.98. The lowest BCUT2D eigenvalue weighted by molar-refractivity contribution is 0.102. The largest absolute Gasteiger partial charge is 0.448 e. The van der Waals surface area contributed by atoms with Crippen LogP contribution in [0.4, 0.5) is 16.2 Å². The Balaban J connectivity index is 1.27. The minimum Gasteiger partial charge on any atom is -0.448 e. The molecular weight excluding hydrogens is 464 g/mol. The Morgan fingerprint density at radius 2 is 1.97 bits per heavy atom. The van der Waals surface area contributed by atoms with E-state index in [1.54, 1.807) is 29.5 Å². The first-order valence-electron chi connectivity index (χ1n) is 11.3. The summed E-state index contributed by atoms with van der Waals surface area (Å²) in [6, 6.07) is 18.1. The summed E-state index contributed by atoms with van der Waals surface area (Å²) < 4.78 is 5.35. The molecule has 0 bridgehead atoms. The van der Waals surface area contributed by atoms with E-state index < -0.39 is 14.2 Å². The Bertz CT molecular complexity index is 1150. The number of ether oxygens (including phenoxy) is 1. The summed E-state index contributed by atoms with van der Waals surface area (Å²) in [6.07, 6.45) is 0.631. The SMILES string of the molecule is C[Si]1(C)CN[C@H](COC(=O)NCc2ccc(C(=O)Nc3cc(-c4cccs4)ccc3N)cc2)C1. The van der Waals surface area contributed by atoms with Crippen molar-refractivity contribution in [2.24, 2.45) is 0 Å². The maximum Gasteiger partial charge on any atom is 0.407 e. The van der Waals surface area contributed by atoms with E-state index >= 15 is 0 Å². The maximum absolute atomic E-state index is 12.7. The lowest BCUT2D eigenvalue weighted by Gasteiger charge is -2.14. The smallest absolute Gasteiger partial charge is 0.407 e. The van der Waals surface area contributed by atoms with Crippen molar-refractivity contribution in [1.29, 1.82) is 0 Å². The number of carbonyl (C=O) groups is 2. The van der Waals surface area contributed by atoms with Crippen LogP contribution < -0.4 is 21.7 Å². The number of hydrogen-bond acceptors (Lipinski definition) is 6. The number of hydrogen-bond donors (Lipinski definition) is 4. The first-order valence-corrected chi connectivity index (χ1v) is 15.6. The van der Waals surface area contributed by atoms with E-state index in [1.807, 2.05) is 41.8 Å². The van der Waals surface area contributed by atoms with Crippen LogP contribution in [0, 0.1) is 0 Å². The summed E-state index contributed by atoms with van der Waals surface area (Å²) in [5.41, 5.74) is 9.54. The van der Waals surface area contributed by atoms with Crippen molar-refractivity contribution in [2.75, 3.05) is 23.8 Å². The Kier molecular flexibility index (Phi) is 7.35. The molecule has 1 aliphatic rings. The third-order valence-corrected chi connectivity index (χ3v) is 9.52. The van der Waals surface area contributed by atoms with Gasteiger partial charge in [-0.3, -0.25) is 4.79 Å². The second kappa shape index (κ2) is 10.4. The number of amides is 2. The molecule has 4 rings (SSSR count). The van der Waals surface area contributed by atoms with Crippen molar-refractivity contribution < 1.29 is 14.3 Å². The molecule has 1 saturated heterocycles. The van der Waals surface area contributed by atoms with Crippen molar-refractivity contribution in [3.8, 4) is 10.4 Å². The number of alkyl carbamates (subject to hydrolysis) is 1. The zero-order valence-corrected chi connectivity index (χ0v) is 21.2. The molecule has 0 spiro atoms. The van der Waals surface area contributed by atoms with Gasteiger partial charge in [0, 0.05) is 23.0 Å². The molecule has 1 aliphatic heterocycles. The van der Waals surface area contributed by atoms with Gasteiger partial charge in [0.15, 0.2) is 0 Å². The van der Waals surface area contributed by atoms with Gasteiger partial charge in [-0.2, -0.15) is 0 Å². The number of thiophene rings is 1. The lowest BCUT2D eigenvalue weighted by atomic mass is 10.1. The van der Waals surface area contributed by atoms with Gasteiger partial charge in [-0.25, -0.2) is 4.79 Å². The Morgan fingerprint density at radius 3 is 2.65 bits per heavy atom. The van der Waals surface area contributed by atoms with Gasteiger partial charge in [0.25, 0.3) is 5.91 Å². The predicted molar refractivity (Wildman–Crippen MR) is 141 cm³/mol. The maximum atomic E-state index is 12.7. The minimum atomic E-state index is -1.17. The normalized spacial score (nSPS) is 16.7. The van der Waals surface area contributed by atoms with E-state index in [0.29, 0.717) is 30.1 Å². The first-order chi connectivity index (χ1) is 16.3. The minimum absolute atomic E-state index is 0.246. The van der Waals surface area contributed by atoms with Crippen LogP contribution in [0.2, 0.25) is 19.1 Å². The van der Waals surface area contributed by atoms with Crippen LogP contribution in [0.5, 0.6) is 0 Å². The van der Waals surface area contributed by atoms with Crippen LogP contribution in [0.25, 0.3) is 10.4 Å². The molecule has 9 heteroatoms. The molecule has 0 saturated carbocycles. The van der Waals surface area contributed by atoms with E-state index in [9.17, 15) is 9.59 Å². The van der Waals surface area contributed by atoms with Gasteiger partial charge in [-0.05, 0) is 59.1 Å². The quantitative estimate of drug-likeness (QED) is 0.282. The fourth-order valence-corrected chi connectivity index (χ4v) is 7.29. The molecular formula is C25H30N4O3SSi. The predicted octanol–water partition coefficient (Wildman–Crippen LogP) is 4.70. The molecule has 0 radical (unpaired) electrons. The Hall–Kier alpha value is -3.14. The van der Waals surface area contributed by atoms with E-state index in [2.05, 4.69) is 29.0 Å². The molecule has 1 atom stereocenters. The monoisotopic (exact) mass is 494 g/mol. The molecule has 3 aromatic rings. The summed E-state index contributed by atoms with van der Waals surface area (Å²) in [7, 11) is -1.17. The number of rotatable bonds is 7. The van der Waals surface area contributed by atoms with Crippen LogP contribution >= 0.6 is 11.3 Å². The Labute approximate surface area is 204 Å². The average molecular weight is 495 g/mol. The number of nitrogen functional groups attached to an aromatic ring is 1. The van der Waals surface area contributed by atoms with Crippen LogP contribution in [0.15, 0.2) is 60.0 Å². The second-order valence-electron chi connectivity index (χ2n) is 9.33. The van der Waals surface area contributed by atoms with E-state index in [0.717, 1.165) is 28.2 Å². The van der Waals surface area contributed by atoms with Gasteiger partial charge < -0.3 is 26.4 Å². The van der Waals surface area contributed by atoms with Crippen molar-refractivity contribution in [2.45, 2.75) is 31.7 Å². The molecule has 0 aliphatic carbocycles. The molecule has 1 fully saturated rings. The van der Waals surface area contributed by atoms with E-state index in [-0.39, 0.29) is 11.9 Å². The summed E-state index contributed by atoms with van der Waals surface area (Å²) in [5.74, 6) is -0.246. The van der Waals surface area contributed by atoms with Crippen molar-refractivity contribution in [3.63, 3.8) is 0 Å². The van der Waals surface area contributed by atoms with Crippen molar-refractivity contribution >= 4 is 42.8 Å². The van der Waals surface area contributed by atoms with Crippen LogP contribution in [-0.2, 0) is 11.3 Å².